The van der Waals surface area contributed by atoms with Gasteiger partial charge in [0.15, 0.2) is 0 Å². The molecular weight excluding hydrogens is 426 g/mol. The first-order valence-electron chi connectivity index (χ1n) is 10.9. The van der Waals surface area contributed by atoms with Crippen molar-refractivity contribution in [2.45, 2.75) is 60.3 Å². The molecule has 5 nitrogen and oxygen atoms in total. The average Bonchev–Trinajstić information content (AvgIpc) is 3.60. The fourth-order valence-electron chi connectivity index (χ4n) is 4.44. The number of para-hydroxylation sites is 1. The van der Waals surface area contributed by atoms with Crippen molar-refractivity contribution >= 4 is 33.9 Å². The van der Waals surface area contributed by atoms with Crippen LogP contribution in [0.25, 0.3) is 0 Å². The summed E-state index contributed by atoms with van der Waals surface area (Å²) in [4.78, 5) is 3.80. The minimum Gasteiger partial charge on any atom is -0.338 e. The van der Waals surface area contributed by atoms with E-state index in [0.717, 1.165) is 53.9 Å². The van der Waals surface area contributed by atoms with Gasteiger partial charge in [-0.05, 0) is 55.3 Å². The molecule has 0 bridgehead atoms. The molecule has 1 aliphatic carbocycles. The van der Waals surface area contributed by atoms with E-state index >= 15 is 0 Å². The lowest BCUT2D eigenvalue weighted by molar-refractivity contribution is 0.310. The first-order valence-corrected chi connectivity index (χ1v) is 13.6. The van der Waals surface area contributed by atoms with E-state index in [9.17, 15) is 14.4 Å². The van der Waals surface area contributed by atoms with Crippen LogP contribution in [0.1, 0.15) is 44.6 Å². The quantitative estimate of drug-likeness (QED) is 0.474. The smallest absolute Gasteiger partial charge is 0.0993 e. The minimum absolute atomic E-state index is 0.00425. The summed E-state index contributed by atoms with van der Waals surface area (Å²) in [5.41, 5.74) is 2.32. The Morgan fingerprint density at radius 3 is 2.52 bits per heavy atom. The lowest BCUT2D eigenvalue weighted by Gasteiger charge is -2.43. The molecule has 1 aliphatic heterocycles. The van der Waals surface area contributed by atoms with Crippen LogP contribution >= 0.6 is 22.5 Å². The van der Waals surface area contributed by atoms with Gasteiger partial charge in [-0.2, -0.15) is 5.26 Å². The van der Waals surface area contributed by atoms with Gasteiger partial charge in [-0.1, -0.05) is 38.0 Å². The molecule has 1 atom stereocenters. The van der Waals surface area contributed by atoms with E-state index < -0.39 is 16.2 Å². The van der Waals surface area contributed by atoms with Crippen molar-refractivity contribution in [3.05, 3.63) is 48.0 Å². The highest BCUT2D eigenvalue weighted by molar-refractivity contribution is 8.22. The van der Waals surface area contributed by atoms with E-state index in [2.05, 4.69) is 36.1 Å². The molecule has 0 spiro atoms. The fraction of sp³-hybridized carbons (Fsp3) is 0.458. The van der Waals surface area contributed by atoms with Crippen molar-refractivity contribution < 1.29 is 9.11 Å². The number of thioether (sulfide) groups is 1. The molecule has 0 saturated heterocycles. The molecular formula is C24H31N3O2S2. The largest absolute Gasteiger partial charge is 0.338 e. The van der Waals surface area contributed by atoms with Gasteiger partial charge in [0.2, 0.25) is 0 Å². The van der Waals surface area contributed by atoms with Gasteiger partial charge in [-0.3, -0.25) is 9.11 Å². The van der Waals surface area contributed by atoms with Crippen molar-refractivity contribution in [3.8, 4) is 6.07 Å². The van der Waals surface area contributed by atoms with Crippen LogP contribution in [0.5, 0.6) is 0 Å². The van der Waals surface area contributed by atoms with Gasteiger partial charge in [0.05, 0.1) is 22.1 Å². The first-order chi connectivity index (χ1) is 14.9. The van der Waals surface area contributed by atoms with Crippen molar-refractivity contribution in [1.82, 2.24) is 4.31 Å². The maximum atomic E-state index is 11.5. The van der Waals surface area contributed by atoms with Gasteiger partial charge in [0.25, 0.3) is 0 Å². The molecule has 31 heavy (non-hydrogen) atoms. The molecule has 2 aromatic rings. The number of nitrogens with zero attached hydrogens (tertiary/aromatic N) is 3. The van der Waals surface area contributed by atoms with Crippen LogP contribution in [0.4, 0.5) is 11.4 Å². The monoisotopic (exact) mass is 457 g/mol. The number of unbranched alkanes of at least 4 members (excludes halogenated alkanes) is 1. The van der Waals surface area contributed by atoms with E-state index in [4.69, 9.17) is 0 Å². The number of benzene rings is 2. The van der Waals surface area contributed by atoms with E-state index in [1.165, 1.54) is 0 Å². The van der Waals surface area contributed by atoms with E-state index in [1.807, 2.05) is 37.6 Å². The molecule has 4 rings (SSSR count). The lowest BCUT2D eigenvalue weighted by Crippen LogP contribution is -2.39. The van der Waals surface area contributed by atoms with Crippen molar-refractivity contribution in [1.29, 1.82) is 5.26 Å². The summed E-state index contributed by atoms with van der Waals surface area (Å²) >= 11 is 1.62. The average molecular weight is 458 g/mol. The summed E-state index contributed by atoms with van der Waals surface area (Å²) in [7, 11) is -1.37. The van der Waals surface area contributed by atoms with Gasteiger partial charge < -0.3 is 4.90 Å². The molecule has 7 heteroatoms. The third-order valence-electron chi connectivity index (χ3n) is 6.61. The predicted molar refractivity (Wildman–Crippen MR) is 130 cm³/mol. The zero-order valence-electron chi connectivity index (χ0n) is 18.4. The summed E-state index contributed by atoms with van der Waals surface area (Å²) in [5, 5.41) is 9.84. The second kappa shape index (κ2) is 8.68. The normalized spacial score (nSPS) is 22.8. The molecule has 0 radical (unpaired) electrons. The first kappa shape index (κ1) is 22.5. The van der Waals surface area contributed by atoms with E-state index in [1.54, 1.807) is 16.1 Å². The third-order valence-corrected chi connectivity index (χ3v) is 9.41. The second-order valence-corrected chi connectivity index (χ2v) is 11.4. The Hall–Kier alpha value is -1.69. The standard InChI is InChI=1S/C24H31N3O2S2/c1-4-5-9-19-16-27(18-10-7-6-8-11-18)21-15-22(30-3)20(24(17-25)12-13-24)14-23(21)31(28,29)26(19)2/h6-8,10-11,14-15,19,28-29H,4-5,9,12-13,16H2,1-3H3. The highest BCUT2D eigenvalue weighted by Gasteiger charge is 2.48. The Morgan fingerprint density at radius 2 is 1.94 bits per heavy atom. The van der Waals surface area contributed by atoms with Gasteiger partial charge in [-0.25, -0.2) is 4.31 Å². The molecule has 166 valence electrons. The Labute approximate surface area is 191 Å². The Morgan fingerprint density at radius 1 is 1.23 bits per heavy atom. The molecule has 0 amide bonds. The maximum absolute atomic E-state index is 11.5. The molecule has 0 aromatic heterocycles. The Bertz CT molecular complexity index is 986. The van der Waals surface area contributed by atoms with E-state index in [0.29, 0.717) is 11.4 Å². The molecule has 2 aromatic carbocycles. The number of fused-ring (bicyclic) bond motifs is 1. The summed E-state index contributed by atoms with van der Waals surface area (Å²) in [6.07, 6.45) is 6.66. The summed E-state index contributed by atoms with van der Waals surface area (Å²) in [6.45, 7) is 2.84. The minimum atomic E-state index is -3.19. The van der Waals surface area contributed by atoms with Crippen molar-refractivity contribution in [2.24, 2.45) is 0 Å². The third kappa shape index (κ3) is 3.96. The molecule has 1 unspecified atom stereocenters. The molecule has 1 heterocycles. The number of hydrogen-bond donors (Lipinski definition) is 2. The topological polar surface area (TPSA) is 70.7 Å². The van der Waals surface area contributed by atoms with Crippen LogP contribution in [-0.4, -0.2) is 39.3 Å². The second-order valence-electron chi connectivity index (χ2n) is 8.52. The number of nitriles is 1. The predicted octanol–water partition coefficient (Wildman–Crippen LogP) is 6.63. The number of rotatable bonds is 6. The molecule has 2 N–H and O–H groups in total. The highest BCUT2D eigenvalue weighted by Crippen LogP contribution is 2.61. The summed E-state index contributed by atoms with van der Waals surface area (Å²) in [6, 6.07) is 16.7. The van der Waals surface area contributed by atoms with E-state index in [-0.39, 0.29) is 6.04 Å². The SMILES string of the molecule is CCCCC1CN(c2ccccc2)c2cc(SC)c(C3(C#N)CC3)cc2S(O)(O)N1C. The lowest BCUT2D eigenvalue weighted by atomic mass is 9.97. The molecule has 1 fully saturated rings. The summed E-state index contributed by atoms with van der Waals surface area (Å²) < 4.78 is 24.8. The van der Waals surface area contributed by atoms with Crippen LogP contribution in [0, 0.1) is 11.3 Å². The van der Waals surface area contributed by atoms with Crippen LogP contribution < -0.4 is 4.90 Å². The number of anilines is 2. The Balaban J connectivity index is 1.93. The van der Waals surface area contributed by atoms with Gasteiger partial charge in [0.1, 0.15) is 0 Å². The number of hydrogen-bond acceptors (Lipinski definition) is 6. The van der Waals surface area contributed by atoms with Crippen LogP contribution in [-0.2, 0) is 5.41 Å². The summed E-state index contributed by atoms with van der Waals surface area (Å²) in [5.74, 6) is 0. The van der Waals surface area contributed by atoms with Crippen LogP contribution in [0.15, 0.2) is 52.3 Å². The zero-order valence-corrected chi connectivity index (χ0v) is 20.0. The zero-order chi connectivity index (χ0) is 22.2. The Kier molecular flexibility index (Phi) is 6.30. The molecule has 1 saturated carbocycles. The van der Waals surface area contributed by atoms with Crippen LogP contribution in [0.3, 0.4) is 0 Å². The number of likely N-dealkylation sites (N-methyl/N-ethyl adjacent to an activating group) is 1. The van der Waals surface area contributed by atoms with Gasteiger partial charge in [-0.15, -0.1) is 22.5 Å². The fourth-order valence-corrected chi connectivity index (χ4v) is 6.77. The van der Waals surface area contributed by atoms with Gasteiger partial charge >= 0.3 is 0 Å². The van der Waals surface area contributed by atoms with Crippen molar-refractivity contribution in [2.75, 3.05) is 24.7 Å². The maximum Gasteiger partial charge on any atom is 0.0993 e. The van der Waals surface area contributed by atoms with Crippen molar-refractivity contribution in [3.63, 3.8) is 0 Å². The van der Waals surface area contributed by atoms with Crippen LogP contribution in [0.2, 0.25) is 0 Å². The highest BCUT2D eigenvalue weighted by atomic mass is 32.3. The van der Waals surface area contributed by atoms with Gasteiger partial charge in [0, 0.05) is 30.2 Å². The molecule has 2 aliphatic rings.